The van der Waals surface area contributed by atoms with Crippen LogP contribution in [-0.2, 0) is 0 Å². The van der Waals surface area contributed by atoms with Gasteiger partial charge in [-0.25, -0.2) is 0 Å². The Kier molecular flexibility index (Phi) is 4.19. The van der Waals surface area contributed by atoms with Gasteiger partial charge in [-0.2, -0.15) is 0 Å². The highest BCUT2D eigenvalue weighted by Crippen LogP contribution is 2.26. The summed E-state index contributed by atoms with van der Waals surface area (Å²) in [5.74, 6) is 5.40. The molecule has 0 saturated carbocycles. The third-order valence-corrected chi connectivity index (χ3v) is 3.19. The van der Waals surface area contributed by atoms with E-state index >= 15 is 0 Å². The predicted octanol–water partition coefficient (Wildman–Crippen LogP) is 3.02. The number of hydrogen-bond donors (Lipinski definition) is 2. The van der Waals surface area contributed by atoms with E-state index in [1.165, 1.54) is 0 Å². The molecule has 1 atom stereocenters. The predicted molar refractivity (Wildman–Crippen MR) is 59.5 cm³/mol. The summed E-state index contributed by atoms with van der Waals surface area (Å²) in [7, 11) is 0. The van der Waals surface area contributed by atoms with Gasteiger partial charge in [-0.1, -0.05) is 24.6 Å². The monoisotopic (exact) mass is 262 g/mol. The number of nitrogens with one attached hydrogen (secondary N) is 1. The summed E-state index contributed by atoms with van der Waals surface area (Å²) in [4.78, 5) is 0. The van der Waals surface area contributed by atoms with Crippen LogP contribution in [0, 0.1) is 0 Å². The fraction of sp³-hybridized carbons (Fsp3) is 0.333. The van der Waals surface area contributed by atoms with Gasteiger partial charge in [-0.15, -0.1) is 0 Å². The first-order valence-electron chi connectivity index (χ1n) is 4.10. The minimum Gasteiger partial charge on any atom is -0.271 e. The van der Waals surface area contributed by atoms with Crippen molar-refractivity contribution in [3.63, 3.8) is 0 Å². The molecule has 0 fully saturated rings. The molecule has 0 spiro atoms. The lowest BCUT2D eigenvalue weighted by Gasteiger charge is -2.14. The summed E-state index contributed by atoms with van der Waals surface area (Å²) in [6.45, 7) is 2.07. The zero-order valence-electron chi connectivity index (χ0n) is 7.35. The minimum atomic E-state index is 0.172. The first-order valence-corrected chi connectivity index (χ1v) is 5.27. The van der Waals surface area contributed by atoms with Crippen molar-refractivity contribution in [1.82, 2.24) is 5.43 Å². The van der Waals surface area contributed by atoms with Crippen molar-refractivity contribution in [2.24, 2.45) is 5.84 Å². The Bertz CT molecular complexity index is 287. The summed E-state index contributed by atoms with van der Waals surface area (Å²) >= 11 is 9.30. The van der Waals surface area contributed by atoms with Gasteiger partial charge in [0.05, 0.1) is 5.02 Å². The molecule has 13 heavy (non-hydrogen) atoms. The van der Waals surface area contributed by atoms with Crippen LogP contribution in [0.4, 0.5) is 0 Å². The fourth-order valence-corrected chi connectivity index (χ4v) is 1.61. The molecular formula is C9H12BrClN2. The molecule has 2 nitrogen and oxygen atoms in total. The highest BCUT2D eigenvalue weighted by Gasteiger charge is 2.07. The van der Waals surface area contributed by atoms with E-state index in [1.807, 2.05) is 18.2 Å². The Balaban J connectivity index is 2.95. The Morgan fingerprint density at radius 3 is 2.77 bits per heavy atom. The third-order valence-electron chi connectivity index (χ3n) is 1.96. The molecule has 72 valence electrons. The summed E-state index contributed by atoms with van der Waals surface area (Å²) in [5, 5.41) is 0.714. The maximum absolute atomic E-state index is 5.96. The van der Waals surface area contributed by atoms with Crippen LogP contribution in [0.15, 0.2) is 22.7 Å². The van der Waals surface area contributed by atoms with Gasteiger partial charge in [0.2, 0.25) is 0 Å². The molecule has 0 aliphatic heterocycles. The number of halogens is 2. The zero-order valence-corrected chi connectivity index (χ0v) is 9.69. The third kappa shape index (κ3) is 2.68. The zero-order chi connectivity index (χ0) is 9.84. The van der Waals surface area contributed by atoms with E-state index in [4.69, 9.17) is 17.4 Å². The van der Waals surface area contributed by atoms with Gasteiger partial charge in [-0.05, 0) is 40.0 Å². The molecule has 3 N–H and O–H groups in total. The molecule has 1 unspecified atom stereocenters. The van der Waals surface area contributed by atoms with Gasteiger partial charge in [0.1, 0.15) is 0 Å². The molecule has 0 aliphatic carbocycles. The summed E-state index contributed by atoms with van der Waals surface area (Å²) < 4.78 is 0.907. The Morgan fingerprint density at radius 2 is 2.31 bits per heavy atom. The average Bonchev–Trinajstić information content (AvgIpc) is 2.13. The van der Waals surface area contributed by atoms with Gasteiger partial charge in [0.25, 0.3) is 0 Å². The van der Waals surface area contributed by atoms with Crippen molar-refractivity contribution in [2.45, 2.75) is 19.4 Å². The number of hydrogen-bond acceptors (Lipinski definition) is 2. The summed E-state index contributed by atoms with van der Waals surface area (Å²) in [6.07, 6.45) is 0.939. The van der Waals surface area contributed by atoms with E-state index in [2.05, 4.69) is 28.3 Å². The first kappa shape index (κ1) is 11.0. The standard InChI is InChI=1S/C9H12BrClN2/c1-2-9(13-12)6-3-4-7(10)8(11)5-6/h3-5,9,13H,2,12H2,1H3. The van der Waals surface area contributed by atoms with E-state index in [-0.39, 0.29) is 6.04 Å². The van der Waals surface area contributed by atoms with Gasteiger partial charge in [0.15, 0.2) is 0 Å². The number of hydrazine groups is 1. The van der Waals surface area contributed by atoms with Crippen molar-refractivity contribution >= 4 is 27.5 Å². The van der Waals surface area contributed by atoms with E-state index < -0.39 is 0 Å². The Morgan fingerprint density at radius 1 is 1.62 bits per heavy atom. The van der Waals surface area contributed by atoms with Crippen molar-refractivity contribution < 1.29 is 0 Å². The van der Waals surface area contributed by atoms with Gasteiger partial charge < -0.3 is 0 Å². The van der Waals surface area contributed by atoms with Crippen LogP contribution in [0.3, 0.4) is 0 Å². The Labute approximate surface area is 91.6 Å². The molecule has 0 heterocycles. The average molecular weight is 264 g/mol. The molecule has 0 aromatic heterocycles. The largest absolute Gasteiger partial charge is 0.271 e. The lowest BCUT2D eigenvalue weighted by molar-refractivity contribution is 0.539. The topological polar surface area (TPSA) is 38.0 Å². The van der Waals surface area contributed by atoms with E-state index in [0.717, 1.165) is 16.5 Å². The lowest BCUT2D eigenvalue weighted by Crippen LogP contribution is -2.27. The molecule has 1 aromatic rings. The SMILES string of the molecule is CCC(NN)c1ccc(Br)c(Cl)c1. The highest BCUT2D eigenvalue weighted by molar-refractivity contribution is 9.10. The summed E-state index contributed by atoms with van der Waals surface area (Å²) in [5.41, 5.74) is 3.85. The van der Waals surface area contributed by atoms with Crippen LogP contribution >= 0.6 is 27.5 Å². The molecule has 4 heteroatoms. The van der Waals surface area contributed by atoms with E-state index in [0.29, 0.717) is 5.02 Å². The quantitative estimate of drug-likeness (QED) is 0.650. The van der Waals surface area contributed by atoms with Gasteiger partial charge in [-0.3, -0.25) is 11.3 Å². The maximum Gasteiger partial charge on any atom is 0.0551 e. The number of rotatable bonds is 3. The van der Waals surface area contributed by atoms with Crippen molar-refractivity contribution in [3.05, 3.63) is 33.3 Å². The minimum absolute atomic E-state index is 0.172. The van der Waals surface area contributed by atoms with Crippen LogP contribution in [0.2, 0.25) is 5.02 Å². The second-order valence-electron chi connectivity index (χ2n) is 2.80. The smallest absolute Gasteiger partial charge is 0.0551 e. The molecule has 0 bridgehead atoms. The van der Waals surface area contributed by atoms with Crippen molar-refractivity contribution in [1.29, 1.82) is 0 Å². The second kappa shape index (κ2) is 4.96. The van der Waals surface area contributed by atoms with Crippen LogP contribution < -0.4 is 11.3 Å². The Hall–Kier alpha value is -0.0900. The van der Waals surface area contributed by atoms with Gasteiger partial charge in [0, 0.05) is 10.5 Å². The lowest BCUT2D eigenvalue weighted by atomic mass is 10.1. The molecule has 0 saturated heterocycles. The maximum atomic E-state index is 5.96. The number of nitrogens with two attached hydrogens (primary N) is 1. The molecule has 1 rings (SSSR count). The van der Waals surface area contributed by atoms with Gasteiger partial charge >= 0.3 is 0 Å². The summed E-state index contributed by atoms with van der Waals surface area (Å²) in [6, 6.07) is 6.02. The number of benzene rings is 1. The molecule has 0 radical (unpaired) electrons. The highest BCUT2D eigenvalue weighted by atomic mass is 79.9. The van der Waals surface area contributed by atoms with E-state index in [9.17, 15) is 0 Å². The molecule has 1 aromatic carbocycles. The van der Waals surface area contributed by atoms with E-state index in [1.54, 1.807) is 0 Å². The molecule has 0 aliphatic rings. The first-order chi connectivity index (χ1) is 6.19. The van der Waals surface area contributed by atoms with Crippen LogP contribution in [0.25, 0.3) is 0 Å². The fourth-order valence-electron chi connectivity index (χ4n) is 1.18. The van der Waals surface area contributed by atoms with Crippen LogP contribution in [0.1, 0.15) is 24.9 Å². The molecule has 0 amide bonds. The van der Waals surface area contributed by atoms with Crippen LogP contribution in [0.5, 0.6) is 0 Å². The van der Waals surface area contributed by atoms with Crippen molar-refractivity contribution in [2.75, 3.05) is 0 Å². The second-order valence-corrected chi connectivity index (χ2v) is 4.06. The molecular weight excluding hydrogens is 251 g/mol. The van der Waals surface area contributed by atoms with Crippen molar-refractivity contribution in [3.8, 4) is 0 Å². The van der Waals surface area contributed by atoms with Crippen LogP contribution in [-0.4, -0.2) is 0 Å². The normalized spacial score (nSPS) is 12.9.